The maximum Gasteiger partial charge on any atom is 0.0457 e. The first-order valence-electron chi connectivity index (χ1n) is 5.64. The molecule has 0 unspecified atom stereocenters. The van der Waals surface area contributed by atoms with Crippen LogP contribution in [0.15, 0.2) is 30.5 Å². The van der Waals surface area contributed by atoms with Crippen molar-refractivity contribution in [3.63, 3.8) is 0 Å². The van der Waals surface area contributed by atoms with Gasteiger partial charge >= 0.3 is 0 Å². The molecule has 80 valence electrons. The number of hydrogen-bond acceptors (Lipinski definition) is 1. The van der Waals surface area contributed by atoms with Crippen molar-refractivity contribution in [2.45, 2.75) is 32.2 Å². The van der Waals surface area contributed by atoms with Crippen molar-refractivity contribution in [3.05, 3.63) is 36.0 Å². The highest BCUT2D eigenvalue weighted by Crippen LogP contribution is 2.25. The van der Waals surface area contributed by atoms with Crippen molar-refractivity contribution in [2.24, 2.45) is 5.73 Å². The number of fused-ring (bicyclic) bond motifs is 1. The SMILES string of the molecule is CCCC[C@@H](N)c1cccc2[nH]ccc12. The maximum atomic E-state index is 6.19. The van der Waals surface area contributed by atoms with E-state index in [9.17, 15) is 0 Å². The zero-order valence-electron chi connectivity index (χ0n) is 9.16. The van der Waals surface area contributed by atoms with Crippen molar-refractivity contribution in [1.82, 2.24) is 4.98 Å². The number of nitrogens with two attached hydrogens (primary N) is 1. The first kappa shape index (κ1) is 10.2. The van der Waals surface area contributed by atoms with E-state index in [1.807, 2.05) is 6.20 Å². The molecule has 0 aliphatic rings. The molecule has 1 heterocycles. The van der Waals surface area contributed by atoms with E-state index in [0.29, 0.717) is 0 Å². The lowest BCUT2D eigenvalue weighted by Crippen LogP contribution is -2.10. The number of unbranched alkanes of at least 4 members (excludes halogenated alkanes) is 1. The number of H-pyrrole nitrogens is 1. The summed E-state index contributed by atoms with van der Waals surface area (Å²) in [4.78, 5) is 3.22. The van der Waals surface area contributed by atoms with Crippen LogP contribution in [0.25, 0.3) is 10.9 Å². The normalized spacial score (nSPS) is 13.2. The topological polar surface area (TPSA) is 41.8 Å². The van der Waals surface area contributed by atoms with Crippen LogP contribution < -0.4 is 5.73 Å². The van der Waals surface area contributed by atoms with Gasteiger partial charge in [-0.3, -0.25) is 0 Å². The van der Waals surface area contributed by atoms with Gasteiger partial charge in [0.1, 0.15) is 0 Å². The fraction of sp³-hybridized carbons (Fsp3) is 0.385. The number of benzene rings is 1. The lowest BCUT2D eigenvalue weighted by Gasteiger charge is -2.12. The summed E-state index contributed by atoms with van der Waals surface area (Å²) >= 11 is 0. The molecule has 3 N–H and O–H groups in total. The van der Waals surface area contributed by atoms with E-state index < -0.39 is 0 Å². The highest BCUT2D eigenvalue weighted by molar-refractivity contribution is 5.83. The van der Waals surface area contributed by atoms with Crippen molar-refractivity contribution in [1.29, 1.82) is 0 Å². The van der Waals surface area contributed by atoms with Gasteiger partial charge in [-0.2, -0.15) is 0 Å². The van der Waals surface area contributed by atoms with Gasteiger partial charge in [0.25, 0.3) is 0 Å². The van der Waals surface area contributed by atoms with Gasteiger partial charge in [0.05, 0.1) is 0 Å². The molecule has 1 aromatic heterocycles. The zero-order valence-corrected chi connectivity index (χ0v) is 9.16. The molecule has 2 nitrogen and oxygen atoms in total. The Kier molecular flexibility index (Phi) is 3.07. The third kappa shape index (κ3) is 2.05. The van der Waals surface area contributed by atoms with Crippen molar-refractivity contribution >= 4 is 10.9 Å². The molecule has 0 amide bonds. The van der Waals surface area contributed by atoms with E-state index in [4.69, 9.17) is 5.73 Å². The van der Waals surface area contributed by atoms with Gasteiger partial charge in [-0.05, 0) is 24.1 Å². The quantitative estimate of drug-likeness (QED) is 0.784. The molecule has 0 bridgehead atoms. The molecule has 0 saturated heterocycles. The first-order chi connectivity index (χ1) is 7.33. The maximum absolute atomic E-state index is 6.19. The fourth-order valence-electron chi connectivity index (χ4n) is 2.01. The molecule has 2 rings (SSSR count). The van der Waals surface area contributed by atoms with E-state index >= 15 is 0 Å². The van der Waals surface area contributed by atoms with Crippen LogP contribution >= 0.6 is 0 Å². The fourth-order valence-corrected chi connectivity index (χ4v) is 2.01. The van der Waals surface area contributed by atoms with E-state index in [1.165, 1.54) is 29.3 Å². The minimum atomic E-state index is 0.171. The molecule has 0 aliphatic heterocycles. The van der Waals surface area contributed by atoms with E-state index in [2.05, 4.69) is 36.2 Å². The Morgan fingerprint density at radius 2 is 2.20 bits per heavy atom. The zero-order chi connectivity index (χ0) is 10.7. The summed E-state index contributed by atoms with van der Waals surface area (Å²) in [6.07, 6.45) is 5.44. The Morgan fingerprint density at radius 3 is 3.00 bits per heavy atom. The molecule has 0 radical (unpaired) electrons. The summed E-state index contributed by atoms with van der Waals surface area (Å²) in [7, 11) is 0. The second-order valence-corrected chi connectivity index (χ2v) is 4.03. The standard InChI is InChI=1S/C13H18N2/c1-2-3-6-12(14)10-5-4-7-13-11(10)8-9-15-13/h4-5,7-9,12,15H,2-3,6,14H2,1H3/t12-/m1/s1. The summed E-state index contributed by atoms with van der Waals surface area (Å²) in [6, 6.07) is 8.57. The molecule has 0 aliphatic carbocycles. The predicted molar refractivity (Wildman–Crippen MR) is 64.8 cm³/mol. The third-order valence-corrected chi connectivity index (χ3v) is 2.90. The van der Waals surface area contributed by atoms with Crippen molar-refractivity contribution in [2.75, 3.05) is 0 Å². The van der Waals surface area contributed by atoms with Gasteiger partial charge in [0.15, 0.2) is 0 Å². The van der Waals surface area contributed by atoms with E-state index in [1.54, 1.807) is 0 Å². The molecule has 15 heavy (non-hydrogen) atoms. The van der Waals surface area contributed by atoms with Gasteiger partial charge in [0.2, 0.25) is 0 Å². The molecule has 2 heteroatoms. The molecule has 0 fully saturated rings. The molecule has 1 atom stereocenters. The van der Waals surface area contributed by atoms with Crippen LogP contribution in [0.4, 0.5) is 0 Å². The number of nitrogens with one attached hydrogen (secondary N) is 1. The van der Waals surface area contributed by atoms with Crippen LogP contribution in [0.2, 0.25) is 0 Å². The Labute approximate surface area is 90.5 Å². The summed E-state index contributed by atoms with van der Waals surface area (Å²) in [5, 5.41) is 1.26. The molecular weight excluding hydrogens is 184 g/mol. The molecule has 0 spiro atoms. The van der Waals surface area contributed by atoms with Crippen LogP contribution in [0.1, 0.15) is 37.8 Å². The number of rotatable bonds is 4. The Bertz CT molecular complexity index is 431. The minimum Gasteiger partial charge on any atom is -0.361 e. The van der Waals surface area contributed by atoms with Crippen LogP contribution in [-0.2, 0) is 0 Å². The molecule has 1 aromatic carbocycles. The Balaban J connectivity index is 2.29. The van der Waals surface area contributed by atoms with Crippen molar-refractivity contribution < 1.29 is 0 Å². The van der Waals surface area contributed by atoms with Crippen LogP contribution in [0.5, 0.6) is 0 Å². The van der Waals surface area contributed by atoms with Crippen LogP contribution in [-0.4, -0.2) is 4.98 Å². The molecule has 2 aromatic rings. The van der Waals surface area contributed by atoms with Gasteiger partial charge in [0, 0.05) is 23.1 Å². The highest BCUT2D eigenvalue weighted by atomic mass is 14.7. The Hall–Kier alpha value is -1.28. The first-order valence-corrected chi connectivity index (χ1v) is 5.64. The largest absolute Gasteiger partial charge is 0.361 e. The van der Waals surface area contributed by atoms with Crippen LogP contribution in [0.3, 0.4) is 0 Å². The van der Waals surface area contributed by atoms with Gasteiger partial charge < -0.3 is 10.7 Å². The minimum absolute atomic E-state index is 0.171. The summed E-state index contributed by atoms with van der Waals surface area (Å²) < 4.78 is 0. The van der Waals surface area contributed by atoms with Crippen molar-refractivity contribution in [3.8, 4) is 0 Å². The predicted octanol–water partition coefficient (Wildman–Crippen LogP) is 3.36. The summed E-state index contributed by atoms with van der Waals surface area (Å²) in [6.45, 7) is 2.20. The third-order valence-electron chi connectivity index (χ3n) is 2.90. The molecule has 0 saturated carbocycles. The molecular formula is C13H18N2. The smallest absolute Gasteiger partial charge is 0.0457 e. The number of hydrogen-bond donors (Lipinski definition) is 2. The Morgan fingerprint density at radius 1 is 1.33 bits per heavy atom. The summed E-state index contributed by atoms with van der Waals surface area (Å²) in [5.41, 5.74) is 8.64. The number of aromatic amines is 1. The summed E-state index contributed by atoms with van der Waals surface area (Å²) in [5.74, 6) is 0. The average molecular weight is 202 g/mol. The highest BCUT2D eigenvalue weighted by Gasteiger charge is 2.09. The second kappa shape index (κ2) is 4.49. The number of aromatic nitrogens is 1. The van der Waals surface area contributed by atoms with E-state index in [-0.39, 0.29) is 6.04 Å². The monoisotopic (exact) mass is 202 g/mol. The lowest BCUT2D eigenvalue weighted by atomic mass is 9.99. The van der Waals surface area contributed by atoms with Gasteiger partial charge in [-0.15, -0.1) is 0 Å². The second-order valence-electron chi connectivity index (χ2n) is 4.03. The van der Waals surface area contributed by atoms with Gasteiger partial charge in [-0.1, -0.05) is 31.9 Å². The van der Waals surface area contributed by atoms with Crippen LogP contribution in [0, 0.1) is 0 Å². The van der Waals surface area contributed by atoms with Gasteiger partial charge in [-0.25, -0.2) is 0 Å². The lowest BCUT2D eigenvalue weighted by molar-refractivity contribution is 0.607. The van der Waals surface area contributed by atoms with E-state index in [0.717, 1.165) is 6.42 Å². The average Bonchev–Trinajstić information content (AvgIpc) is 2.73.